The van der Waals surface area contributed by atoms with Gasteiger partial charge in [-0.25, -0.2) is 0 Å². The van der Waals surface area contributed by atoms with E-state index in [0.29, 0.717) is 18.0 Å². The molecule has 0 unspecified atom stereocenters. The Morgan fingerprint density at radius 3 is 2.43 bits per heavy atom. The zero-order valence-corrected chi connectivity index (χ0v) is 12.6. The van der Waals surface area contributed by atoms with Crippen molar-refractivity contribution >= 4 is 17.1 Å². The molecule has 2 aromatic rings. The second-order valence-electron chi connectivity index (χ2n) is 4.89. The molecule has 0 aromatic heterocycles. The van der Waals surface area contributed by atoms with Crippen LogP contribution >= 0.6 is 0 Å². The monoisotopic (exact) mass is 317 g/mol. The highest BCUT2D eigenvalue weighted by Crippen LogP contribution is 2.32. The van der Waals surface area contributed by atoms with E-state index < -0.39 is 9.85 Å². The molecule has 0 aliphatic carbocycles. The molecule has 120 valence electrons. The second kappa shape index (κ2) is 6.73. The third kappa shape index (κ3) is 3.73. The standard InChI is InChI=1S/C15H15N3O5/c1-16(10-11-4-3-5-13(8-11)23-2)14-7-6-12(17(19)20)9-15(14)18(21)22/h3-9H,10H2,1-2H3. The number of non-ortho nitro benzene ring substituents is 1. The Morgan fingerprint density at radius 2 is 1.83 bits per heavy atom. The summed E-state index contributed by atoms with van der Waals surface area (Å²) in [5.74, 6) is 0.689. The average Bonchev–Trinajstić information content (AvgIpc) is 2.54. The van der Waals surface area contributed by atoms with Crippen molar-refractivity contribution in [1.29, 1.82) is 0 Å². The quantitative estimate of drug-likeness (QED) is 0.599. The number of anilines is 1. The number of ether oxygens (including phenoxy) is 1. The molecule has 0 radical (unpaired) electrons. The van der Waals surface area contributed by atoms with Gasteiger partial charge in [0.25, 0.3) is 11.4 Å². The van der Waals surface area contributed by atoms with Crippen LogP contribution in [0.4, 0.5) is 17.1 Å². The Kier molecular flexibility index (Phi) is 4.75. The molecule has 2 aromatic carbocycles. The fourth-order valence-corrected chi connectivity index (χ4v) is 2.22. The van der Waals surface area contributed by atoms with E-state index in [2.05, 4.69) is 0 Å². The first-order chi connectivity index (χ1) is 10.9. The maximum absolute atomic E-state index is 11.2. The van der Waals surface area contributed by atoms with Crippen molar-refractivity contribution in [2.24, 2.45) is 0 Å². The van der Waals surface area contributed by atoms with Gasteiger partial charge in [-0.2, -0.15) is 0 Å². The van der Waals surface area contributed by atoms with Gasteiger partial charge in [0, 0.05) is 19.7 Å². The van der Waals surface area contributed by atoms with Crippen molar-refractivity contribution < 1.29 is 14.6 Å². The molecule has 0 saturated carbocycles. The summed E-state index contributed by atoms with van der Waals surface area (Å²) in [6, 6.07) is 10.9. The van der Waals surface area contributed by atoms with E-state index in [1.54, 1.807) is 25.1 Å². The van der Waals surface area contributed by atoms with Crippen LogP contribution in [0, 0.1) is 20.2 Å². The molecule has 0 heterocycles. The molecule has 0 saturated heterocycles. The van der Waals surface area contributed by atoms with Crippen molar-refractivity contribution in [2.45, 2.75) is 6.54 Å². The molecule has 0 amide bonds. The molecular weight excluding hydrogens is 302 g/mol. The van der Waals surface area contributed by atoms with E-state index in [-0.39, 0.29) is 11.4 Å². The van der Waals surface area contributed by atoms with Crippen LogP contribution in [0.5, 0.6) is 5.75 Å². The lowest BCUT2D eigenvalue weighted by Gasteiger charge is -2.19. The molecule has 8 nitrogen and oxygen atoms in total. The van der Waals surface area contributed by atoms with Crippen molar-refractivity contribution in [1.82, 2.24) is 0 Å². The summed E-state index contributed by atoms with van der Waals surface area (Å²) in [5.41, 5.74) is 0.600. The summed E-state index contributed by atoms with van der Waals surface area (Å²) in [6.45, 7) is 0.399. The minimum atomic E-state index is -0.654. The Labute approximate surface area is 132 Å². The zero-order chi connectivity index (χ0) is 17.0. The molecule has 0 aliphatic heterocycles. The van der Waals surface area contributed by atoms with Gasteiger partial charge in [-0.1, -0.05) is 12.1 Å². The lowest BCUT2D eigenvalue weighted by atomic mass is 10.1. The first-order valence-corrected chi connectivity index (χ1v) is 6.69. The summed E-state index contributed by atoms with van der Waals surface area (Å²) in [7, 11) is 3.25. The molecule has 0 atom stereocenters. The summed E-state index contributed by atoms with van der Waals surface area (Å²) in [6.07, 6.45) is 0. The van der Waals surface area contributed by atoms with Gasteiger partial charge in [0.2, 0.25) is 0 Å². The number of methoxy groups -OCH3 is 1. The summed E-state index contributed by atoms with van der Waals surface area (Å²) in [4.78, 5) is 22.4. The van der Waals surface area contributed by atoms with Crippen LogP contribution in [0.2, 0.25) is 0 Å². The van der Waals surface area contributed by atoms with Crippen molar-refractivity contribution in [3.8, 4) is 5.75 Å². The zero-order valence-electron chi connectivity index (χ0n) is 12.6. The number of nitro groups is 2. The van der Waals surface area contributed by atoms with E-state index in [1.165, 1.54) is 12.1 Å². The molecule has 23 heavy (non-hydrogen) atoms. The van der Waals surface area contributed by atoms with E-state index in [0.717, 1.165) is 11.6 Å². The van der Waals surface area contributed by atoms with Crippen LogP contribution in [0.15, 0.2) is 42.5 Å². The van der Waals surface area contributed by atoms with E-state index in [4.69, 9.17) is 4.74 Å². The number of rotatable bonds is 6. The minimum absolute atomic E-state index is 0.301. The minimum Gasteiger partial charge on any atom is -0.497 e. The molecule has 0 bridgehead atoms. The topological polar surface area (TPSA) is 98.8 Å². The van der Waals surface area contributed by atoms with Gasteiger partial charge < -0.3 is 9.64 Å². The van der Waals surface area contributed by atoms with Crippen LogP contribution in [-0.2, 0) is 6.54 Å². The van der Waals surface area contributed by atoms with Gasteiger partial charge >= 0.3 is 0 Å². The Balaban J connectivity index is 2.32. The first kappa shape index (κ1) is 16.2. The molecule has 8 heteroatoms. The third-order valence-electron chi connectivity index (χ3n) is 3.33. The number of hydrogen-bond acceptors (Lipinski definition) is 6. The van der Waals surface area contributed by atoms with Gasteiger partial charge in [0.1, 0.15) is 11.4 Å². The molecule has 0 fully saturated rings. The van der Waals surface area contributed by atoms with Gasteiger partial charge in [-0.05, 0) is 23.8 Å². The van der Waals surface area contributed by atoms with Crippen LogP contribution in [0.1, 0.15) is 5.56 Å². The molecule has 0 aliphatic rings. The lowest BCUT2D eigenvalue weighted by molar-refractivity contribution is -0.393. The Hall–Kier alpha value is -3.16. The van der Waals surface area contributed by atoms with Gasteiger partial charge in [-0.3, -0.25) is 20.2 Å². The van der Waals surface area contributed by atoms with Crippen molar-refractivity contribution in [3.05, 3.63) is 68.3 Å². The van der Waals surface area contributed by atoms with Crippen LogP contribution < -0.4 is 9.64 Å². The van der Waals surface area contributed by atoms with Crippen LogP contribution in [0.25, 0.3) is 0 Å². The van der Waals surface area contributed by atoms with E-state index in [1.807, 2.05) is 18.2 Å². The average molecular weight is 317 g/mol. The normalized spacial score (nSPS) is 10.2. The highest BCUT2D eigenvalue weighted by atomic mass is 16.6. The maximum atomic E-state index is 11.2. The largest absolute Gasteiger partial charge is 0.497 e. The predicted molar refractivity (Wildman–Crippen MR) is 84.9 cm³/mol. The van der Waals surface area contributed by atoms with Crippen molar-refractivity contribution in [3.63, 3.8) is 0 Å². The molecule has 0 spiro atoms. The second-order valence-corrected chi connectivity index (χ2v) is 4.89. The number of nitrogens with zero attached hydrogens (tertiary/aromatic N) is 3. The highest BCUT2D eigenvalue weighted by Gasteiger charge is 2.21. The Bertz CT molecular complexity index is 748. The summed E-state index contributed by atoms with van der Waals surface area (Å²) in [5, 5.41) is 22.0. The van der Waals surface area contributed by atoms with Gasteiger partial charge in [0.15, 0.2) is 0 Å². The van der Waals surface area contributed by atoms with Crippen LogP contribution in [0.3, 0.4) is 0 Å². The SMILES string of the molecule is COc1cccc(CN(C)c2ccc([N+](=O)[O-])cc2[N+](=O)[O-])c1. The molecule has 0 N–H and O–H groups in total. The first-order valence-electron chi connectivity index (χ1n) is 6.69. The van der Waals surface area contributed by atoms with E-state index in [9.17, 15) is 20.2 Å². The highest BCUT2D eigenvalue weighted by molar-refractivity contribution is 5.66. The van der Waals surface area contributed by atoms with Crippen LogP contribution in [-0.4, -0.2) is 24.0 Å². The maximum Gasteiger partial charge on any atom is 0.299 e. The number of hydrogen-bond donors (Lipinski definition) is 0. The third-order valence-corrected chi connectivity index (χ3v) is 3.33. The van der Waals surface area contributed by atoms with Crippen molar-refractivity contribution in [2.75, 3.05) is 19.1 Å². The molecule has 2 rings (SSSR count). The van der Waals surface area contributed by atoms with Gasteiger partial charge in [0.05, 0.1) is 23.0 Å². The summed E-state index contributed by atoms with van der Waals surface area (Å²) >= 11 is 0. The predicted octanol–water partition coefficient (Wildman–Crippen LogP) is 3.15. The fourth-order valence-electron chi connectivity index (χ4n) is 2.22. The smallest absolute Gasteiger partial charge is 0.299 e. The number of benzene rings is 2. The van der Waals surface area contributed by atoms with E-state index >= 15 is 0 Å². The number of nitro benzene ring substituents is 2. The fraction of sp³-hybridized carbons (Fsp3) is 0.200. The van der Waals surface area contributed by atoms with Gasteiger partial charge in [-0.15, -0.1) is 0 Å². The Morgan fingerprint density at radius 1 is 1.09 bits per heavy atom. The molecular formula is C15H15N3O5. The lowest BCUT2D eigenvalue weighted by Crippen LogP contribution is -2.17. The summed E-state index contributed by atoms with van der Waals surface area (Å²) < 4.78 is 5.14.